The third-order valence-corrected chi connectivity index (χ3v) is 14.7. The Labute approximate surface area is 345 Å². The van der Waals surface area contributed by atoms with Crippen LogP contribution < -0.4 is 16.4 Å². The summed E-state index contributed by atoms with van der Waals surface area (Å²) < 4.78 is 3.85. The van der Waals surface area contributed by atoms with E-state index in [-0.39, 0.29) is 17.8 Å². The number of anilines is 2. The van der Waals surface area contributed by atoms with Gasteiger partial charge in [-0.15, -0.1) is 0 Å². The molecule has 5 aliphatic rings. The van der Waals surface area contributed by atoms with Crippen LogP contribution in [-0.2, 0) is 40.0 Å². The number of fused-ring (bicyclic) bond motifs is 4. The van der Waals surface area contributed by atoms with E-state index in [4.69, 9.17) is 27.3 Å². The summed E-state index contributed by atoms with van der Waals surface area (Å²) in [5.74, 6) is 1.14. The smallest absolute Gasteiger partial charge is 0.314 e. The number of nitrogens with two attached hydrogens (primary N) is 1. The van der Waals surface area contributed by atoms with Crippen molar-refractivity contribution >= 4 is 40.8 Å². The number of hydrogen-bond donors (Lipinski definition) is 3. The summed E-state index contributed by atoms with van der Waals surface area (Å²) in [7, 11) is 3.83. The summed E-state index contributed by atoms with van der Waals surface area (Å²) in [5.41, 5.74) is 13.8. The lowest BCUT2D eigenvalue weighted by Crippen LogP contribution is -2.49. The average Bonchev–Trinajstić information content (AvgIpc) is 4.00. The Balaban J connectivity index is 0.861. The molecule has 13 nitrogen and oxygen atoms in total. The van der Waals surface area contributed by atoms with Crippen molar-refractivity contribution in [3.8, 4) is 11.1 Å². The molecule has 2 bridgehead atoms. The van der Waals surface area contributed by atoms with Crippen LogP contribution in [-0.4, -0.2) is 90.4 Å². The van der Waals surface area contributed by atoms with Crippen LogP contribution in [0.15, 0.2) is 36.4 Å². The predicted octanol–water partition coefficient (Wildman–Crippen LogP) is 6.52. The van der Waals surface area contributed by atoms with Gasteiger partial charge in [-0.3, -0.25) is 19.4 Å². The maximum atomic E-state index is 13.8. The van der Waals surface area contributed by atoms with Crippen molar-refractivity contribution in [1.29, 1.82) is 0 Å². The maximum absolute atomic E-state index is 13.8. The van der Waals surface area contributed by atoms with Gasteiger partial charge in [0, 0.05) is 94.9 Å². The van der Waals surface area contributed by atoms with E-state index in [1.807, 2.05) is 60.5 Å². The van der Waals surface area contributed by atoms with Crippen LogP contribution in [0.4, 0.5) is 16.2 Å². The van der Waals surface area contributed by atoms with E-state index in [0.717, 1.165) is 97.2 Å². The molecule has 1 saturated heterocycles. The monoisotopic (exact) mass is 806 g/mol. The number of nitrogens with one attached hydrogen (secondary N) is 2. The Kier molecular flexibility index (Phi) is 10.3. The second-order valence-electron chi connectivity index (χ2n) is 17.5. The van der Waals surface area contributed by atoms with Crippen LogP contribution in [0.3, 0.4) is 0 Å². The molecule has 2 aromatic heterocycles. The third kappa shape index (κ3) is 7.19. The predicted molar refractivity (Wildman–Crippen MR) is 225 cm³/mol. The van der Waals surface area contributed by atoms with Gasteiger partial charge in [0.15, 0.2) is 11.6 Å². The van der Waals surface area contributed by atoms with Crippen molar-refractivity contribution in [3.63, 3.8) is 0 Å². The molecule has 0 spiro atoms. The van der Waals surface area contributed by atoms with Crippen LogP contribution in [0.2, 0.25) is 5.02 Å². The fourth-order valence-corrected chi connectivity index (χ4v) is 11.1. The number of aromatic nitrogens is 4. The zero-order valence-corrected chi connectivity index (χ0v) is 34.7. The van der Waals surface area contributed by atoms with Gasteiger partial charge in [-0.2, -0.15) is 0 Å². The molecule has 14 heteroatoms. The Morgan fingerprint density at radius 1 is 0.810 bits per heavy atom. The van der Waals surface area contributed by atoms with Gasteiger partial charge in [0.05, 0.1) is 22.1 Å². The minimum atomic E-state index is -0.363. The molecular weight excluding hydrogens is 752 g/mol. The molecule has 0 unspecified atom stereocenters. The first kappa shape index (κ1) is 38.8. The van der Waals surface area contributed by atoms with E-state index in [2.05, 4.69) is 20.4 Å². The van der Waals surface area contributed by atoms with Crippen LogP contribution >= 0.6 is 11.6 Å². The molecule has 58 heavy (non-hydrogen) atoms. The highest BCUT2D eigenvalue weighted by Crippen LogP contribution is 2.56. The van der Waals surface area contributed by atoms with Gasteiger partial charge in [-0.05, 0) is 99.4 Å². The van der Waals surface area contributed by atoms with E-state index in [1.165, 1.54) is 38.5 Å². The highest BCUT2D eigenvalue weighted by molar-refractivity contribution is 6.36. The Morgan fingerprint density at radius 2 is 1.41 bits per heavy atom. The molecule has 4 amide bonds. The van der Waals surface area contributed by atoms with Gasteiger partial charge in [-0.1, -0.05) is 35.9 Å². The summed E-state index contributed by atoms with van der Waals surface area (Å²) >= 11 is 7.06. The summed E-state index contributed by atoms with van der Waals surface area (Å²) in [6.07, 6.45) is 11.7. The number of benzene rings is 2. The largest absolute Gasteiger partial charge is 0.351 e. The maximum Gasteiger partial charge on any atom is 0.314 e. The number of imidazole rings is 2. The van der Waals surface area contributed by atoms with Crippen molar-refractivity contribution in [1.82, 2.24) is 33.8 Å². The lowest BCUT2D eigenvalue weighted by Gasteiger charge is -2.39. The van der Waals surface area contributed by atoms with Gasteiger partial charge >= 0.3 is 6.03 Å². The molecule has 9 rings (SSSR count). The Hall–Kier alpha value is -4.72. The first-order chi connectivity index (χ1) is 28.0. The molecule has 306 valence electrons. The number of piperidine rings is 1. The Bertz CT molecular complexity index is 2260. The first-order valence-electron chi connectivity index (χ1n) is 21.1. The molecule has 4 N–H and O–H groups in total. The lowest BCUT2D eigenvalue weighted by atomic mass is 9.81. The fraction of sp³-hybridized carbons (Fsp3) is 0.523. The second kappa shape index (κ2) is 15.5. The van der Waals surface area contributed by atoms with Crippen molar-refractivity contribution in [2.75, 3.05) is 43.4 Å². The quantitative estimate of drug-likeness (QED) is 0.175. The minimum Gasteiger partial charge on any atom is -0.351 e. The summed E-state index contributed by atoms with van der Waals surface area (Å²) in [4.78, 5) is 55.5. The van der Waals surface area contributed by atoms with Gasteiger partial charge < -0.3 is 30.4 Å². The number of rotatable bonds is 9. The molecule has 3 fully saturated rings. The molecule has 2 saturated carbocycles. The van der Waals surface area contributed by atoms with Crippen molar-refractivity contribution < 1.29 is 14.4 Å². The zero-order valence-electron chi connectivity index (χ0n) is 34.0. The molecule has 0 atom stereocenters. The molecule has 5 heterocycles. The van der Waals surface area contributed by atoms with Crippen LogP contribution in [0, 0.1) is 18.3 Å². The van der Waals surface area contributed by atoms with Gasteiger partial charge in [0.2, 0.25) is 0 Å². The summed E-state index contributed by atoms with van der Waals surface area (Å²) in [5, 5.41) is 6.57. The van der Waals surface area contributed by atoms with E-state index in [9.17, 15) is 14.4 Å². The molecule has 2 aromatic carbocycles. The second-order valence-corrected chi connectivity index (χ2v) is 17.9. The molecular formula is C44H55ClN10O3. The fourth-order valence-electron chi connectivity index (χ4n) is 10.8. The van der Waals surface area contributed by atoms with Crippen LogP contribution in [0.25, 0.3) is 11.1 Å². The first-order valence-corrected chi connectivity index (χ1v) is 21.5. The topological polar surface area (TPSA) is 147 Å². The standard InChI is InChI=1S/C44H55ClN10O3/c1-27-30(6-4-8-32(27)49-41(56)39-47-34-25-53(19-14-36(34)51(39)2)23-18-44-16-10-28(24-44)11-17-44)31-7-5-9-33(38(31)45)50-42(57)40-48-35-26-55(22-15-37(35)52(40)3)29-12-20-54(21-13-29)43(46)58/h4-9,28-29H,10-26H2,1-3H3,(H2,46,58)(H,49,56)(H,50,57). The van der Waals surface area contributed by atoms with Crippen molar-refractivity contribution in [2.24, 2.45) is 31.2 Å². The molecule has 4 aromatic rings. The average molecular weight is 807 g/mol. The Morgan fingerprint density at radius 3 is 2.05 bits per heavy atom. The number of nitrogens with zero attached hydrogens (tertiary/aromatic N) is 7. The lowest BCUT2D eigenvalue weighted by molar-refractivity contribution is 0.100. The number of carbonyl (C=O) groups excluding carboxylic acids is 3. The number of carbonyl (C=O) groups is 3. The number of primary amides is 1. The van der Waals surface area contributed by atoms with E-state index in [0.29, 0.717) is 59.1 Å². The number of likely N-dealkylation sites (tertiary alicyclic amines) is 1. The minimum absolute atomic E-state index is 0.244. The number of urea groups is 1. The van der Waals surface area contributed by atoms with E-state index >= 15 is 0 Å². The normalized spacial score (nSPS) is 22.2. The number of hydrogen-bond acceptors (Lipinski definition) is 7. The summed E-state index contributed by atoms with van der Waals surface area (Å²) in [6, 6.07) is 11.3. The van der Waals surface area contributed by atoms with E-state index in [1.54, 1.807) is 11.0 Å². The molecule has 2 aliphatic carbocycles. The van der Waals surface area contributed by atoms with Crippen molar-refractivity contribution in [2.45, 2.75) is 90.3 Å². The number of amides is 4. The SMILES string of the molecule is Cc1c(NC(=O)c2nc3c(n2C)CCN(CCC24CCC(CC2)C4)C3)cccc1-c1cccc(NC(=O)c2nc3c(n2C)CCN(C2CCN(C(N)=O)CC2)C3)c1Cl. The van der Waals surface area contributed by atoms with Gasteiger partial charge in [-0.25, -0.2) is 14.8 Å². The van der Waals surface area contributed by atoms with Gasteiger partial charge in [0.1, 0.15) is 0 Å². The molecule has 3 aliphatic heterocycles. The van der Waals surface area contributed by atoms with Crippen LogP contribution in [0.5, 0.6) is 0 Å². The van der Waals surface area contributed by atoms with Gasteiger partial charge in [0.25, 0.3) is 11.8 Å². The number of halogens is 1. The summed E-state index contributed by atoms with van der Waals surface area (Å²) in [6.45, 7) is 7.69. The van der Waals surface area contributed by atoms with Crippen LogP contribution in [0.1, 0.15) is 101 Å². The van der Waals surface area contributed by atoms with Crippen molar-refractivity contribution in [3.05, 3.63) is 81.4 Å². The highest BCUT2D eigenvalue weighted by Gasteiger charge is 2.44. The molecule has 0 radical (unpaired) electrons. The highest BCUT2D eigenvalue weighted by atomic mass is 35.5. The zero-order chi connectivity index (χ0) is 40.3. The van der Waals surface area contributed by atoms with E-state index < -0.39 is 0 Å². The third-order valence-electron chi connectivity index (χ3n) is 14.3.